The van der Waals surface area contributed by atoms with Crippen molar-refractivity contribution in [2.24, 2.45) is 0 Å². The molecule has 15 heavy (non-hydrogen) atoms. The van der Waals surface area contributed by atoms with Crippen LogP contribution < -0.4 is 4.74 Å². The van der Waals surface area contributed by atoms with Gasteiger partial charge in [-0.05, 0) is 23.9 Å². The second kappa shape index (κ2) is 3.77. The molecule has 0 aliphatic carbocycles. The van der Waals surface area contributed by atoms with Crippen molar-refractivity contribution < 1.29 is 9.53 Å². The Hall–Kier alpha value is -1.77. The summed E-state index contributed by atoms with van der Waals surface area (Å²) in [5, 5.41) is 0. The van der Waals surface area contributed by atoms with Crippen molar-refractivity contribution in [3.05, 3.63) is 42.1 Å². The number of carbonyl (C=O) groups excluding carboxylic acids is 1. The summed E-state index contributed by atoms with van der Waals surface area (Å²) >= 11 is 0. The van der Waals surface area contributed by atoms with Crippen LogP contribution in [-0.2, 0) is 6.54 Å². The molecule has 1 aromatic rings. The van der Waals surface area contributed by atoms with Crippen LogP contribution in [0, 0.1) is 0 Å². The Morgan fingerprint density at radius 1 is 1.47 bits per heavy atom. The van der Waals surface area contributed by atoms with E-state index in [1.807, 2.05) is 17.0 Å². The van der Waals surface area contributed by atoms with Crippen LogP contribution in [0.25, 0.3) is 0 Å². The van der Waals surface area contributed by atoms with E-state index in [2.05, 4.69) is 6.58 Å². The van der Waals surface area contributed by atoms with Crippen molar-refractivity contribution in [1.82, 2.24) is 4.90 Å². The van der Waals surface area contributed by atoms with Gasteiger partial charge in [0.05, 0.1) is 13.7 Å². The highest BCUT2D eigenvalue weighted by molar-refractivity contribution is 6.00. The molecule has 1 heterocycles. The molecule has 2 rings (SSSR count). The zero-order valence-electron chi connectivity index (χ0n) is 8.69. The molecule has 0 unspecified atom stereocenters. The van der Waals surface area contributed by atoms with Gasteiger partial charge < -0.3 is 9.64 Å². The number of hydrogen-bond acceptors (Lipinski definition) is 3. The average Bonchev–Trinajstić information content (AvgIpc) is 2.28. The van der Waals surface area contributed by atoms with E-state index in [9.17, 15) is 4.79 Å². The minimum Gasteiger partial charge on any atom is -0.497 e. The van der Waals surface area contributed by atoms with E-state index in [0.29, 0.717) is 6.54 Å². The predicted molar refractivity (Wildman–Crippen MR) is 57.9 cm³/mol. The minimum atomic E-state index is 0.120. The van der Waals surface area contributed by atoms with E-state index < -0.39 is 0 Å². The summed E-state index contributed by atoms with van der Waals surface area (Å²) in [6, 6.07) is 5.61. The van der Waals surface area contributed by atoms with E-state index in [-0.39, 0.29) is 5.78 Å². The molecule has 0 saturated heterocycles. The summed E-state index contributed by atoms with van der Waals surface area (Å²) in [7, 11) is 1.60. The zero-order valence-corrected chi connectivity index (χ0v) is 8.69. The molecule has 0 fully saturated rings. The standard InChI is InChI=1S/C12H13NO2/c1-3-13-7-9-4-5-10(15-2)6-11(9)12(14)8-13/h3-6H,1,7-8H2,2H3. The summed E-state index contributed by atoms with van der Waals surface area (Å²) in [6.45, 7) is 4.83. The molecule has 0 aromatic heterocycles. The van der Waals surface area contributed by atoms with Gasteiger partial charge in [-0.15, -0.1) is 0 Å². The maximum Gasteiger partial charge on any atom is 0.182 e. The Morgan fingerprint density at radius 3 is 2.93 bits per heavy atom. The Bertz CT molecular complexity index is 412. The highest BCUT2D eigenvalue weighted by atomic mass is 16.5. The highest BCUT2D eigenvalue weighted by Gasteiger charge is 2.21. The molecule has 1 aromatic carbocycles. The van der Waals surface area contributed by atoms with Crippen molar-refractivity contribution >= 4 is 5.78 Å². The number of Topliss-reactive ketones (excluding diaryl/α,β-unsaturated/α-hetero) is 1. The maximum absolute atomic E-state index is 11.8. The number of rotatable bonds is 2. The number of methoxy groups -OCH3 is 1. The third-order valence-electron chi connectivity index (χ3n) is 2.60. The van der Waals surface area contributed by atoms with Crippen LogP contribution in [0.4, 0.5) is 0 Å². The molecule has 0 saturated carbocycles. The van der Waals surface area contributed by atoms with Crippen LogP contribution in [0.2, 0.25) is 0 Å². The first-order chi connectivity index (χ1) is 7.24. The van der Waals surface area contributed by atoms with Gasteiger partial charge in [0, 0.05) is 12.1 Å². The van der Waals surface area contributed by atoms with Gasteiger partial charge in [0.15, 0.2) is 5.78 Å². The van der Waals surface area contributed by atoms with Gasteiger partial charge in [-0.25, -0.2) is 0 Å². The first kappa shape index (κ1) is 9.77. The van der Waals surface area contributed by atoms with E-state index in [1.165, 1.54) is 0 Å². The lowest BCUT2D eigenvalue weighted by atomic mass is 9.99. The quantitative estimate of drug-likeness (QED) is 0.734. The van der Waals surface area contributed by atoms with Crippen LogP contribution in [0.5, 0.6) is 5.75 Å². The van der Waals surface area contributed by atoms with Gasteiger partial charge >= 0.3 is 0 Å². The van der Waals surface area contributed by atoms with Crippen molar-refractivity contribution in [2.45, 2.75) is 6.54 Å². The molecule has 0 spiro atoms. The SMILES string of the molecule is C=CN1CC(=O)c2cc(OC)ccc2C1. The number of benzene rings is 1. The van der Waals surface area contributed by atoms with Gasteiger partial charge in [-0.1, -0.05) is 12.6 Å². The number of nitrogens with zero attached hydrogens (tertiary/aromatic N) is 1. The first-order valence-corrected chi connectivity index (χ1v) is 4.81. The van der Waals surface area contributed by atoms with Gasteiger partial charge in [0.2, 0.25) is 0 Å². The predicted octanol–water partition coefficient (Wildman–Crippen LogP) is 1.84. The van der Waals surface area contributed by atoms with Crippen LogP contribution in [0.1, 0.15) is 15.9 Å². The molecule has 0 atom stereocenters. The summed E-state index contributed by atoms with van der Waals surface area (Å²) in [6.07, 6.45) is 1.70. The minimum absolute atomic E-state index is 0.120. The fourth-order valence-electron chi connectivity index (χ4n) is 1.75. The van der Waals surface area contributed by atoms with Crippen molar-refractivity contribution in [1.29, 1.82) is 0 Å². The van der Waals surface area contributed by atoms with Gasteiger partial charge in [-0.2, -0.15) is 0 Å². The third-order valence-corrected chi connectivity index (χ3v) is 2.60. The molecule has 1 aliphatic heterocycles. The fourth-order valence-corrected chi connectivity index (χ4v) is 1.75. The maximum atomic E-state index is 11.8. The fraction of sp³-hybridized carbons (Fsp3) is 0.250. The number of carbonyl (C=O) groups is 1. The summed E-state index contributed by atoms with van der Waals surface area (Å²) in [4.78, 5) is 13.7. The number of ether oxygens (including phenoxy) is 1. The number of fused-ring (bicyclic) bond motifs is 1. The normalized spacial score (nSPS) is 14.7. The summed E-state index contributed by atoms with van der Waals surface area (Å²) < 4.78 is 5.10. The van der Waals surface area contributed by atoms with Gasteiger partial charge in [-0.3, -0.25) is 4.79 Å². The molecular formula is C12H13NO2. The second-order valence-electron chi connectivity index (χ2n) is 3.53. The van der Waals surface area contributed by atoms with E-state index in [0.717, 1.165) is 23.4 Å². The molecule has 0 bridgehead atoms. The monoisotopic (exact) mass is 203 g/mol. The van der Waals surface area contributed by atoms with Crippen molar-refractivity contribution in [3.63, 3.8) is 0 Å². The number of hydrogen-bond donors (Lipinski definition) is 0. The Balaban J connectivity index is 2.40. The average molecular weight is 203 g/mol. The van der Waals surface area contributed by atoms with Crippen molar-refractivity contribution in [3.8, 4) is 5.75 Å². The topological polar surface area (TPSA) is 29.5 Å². The lowest BCUT2D eigenvalue weighted by Gasteiger charge is -2.26. The van der Waals surface area contributed by atoms with Crippen LogP contribution in [0.15, 0.2) is 31.0 Å². The lowest BCUT2D eigenvalue weighted by Crippen LogP contribution is -2.30. The third kappa shape index (κ3) is 1.73. The molecule has 1 aliphatic rings. The lowest BCUT2D eigenvalue weighted by molar-refractivity contribution is 0.0934. The summed E-state index contributed by atoms with van der Waals surface area (Å²) in [5.41, 5.74) is 1.81. The molecule has 3 nitrogen and oxygen atoms in total. The second-order valence-corrected chi connectivity index (χ2v) is 3.53. The van der Waals surface area contributed by atoms with E-state index in [1.54, 1.807) is 19.4 Å². The zero-order chi connectivity index (χ0) is 10.8. The van der Waals surface area contributed by atoms with Crippen molar-refractivity contribution in [2.75, 3.05) is 13.7 Å². The van der Waals surface area contributed by atoms with Crippen LogP contribution in [-0.4, -0.2) is 24.3 Å². The molecule has 3 heteroatoms. The van der Waals surface area contributed by atoms with E-state index in [4.69, 9.17) is 4.74 Å². The molecule has 0 radical (unpaired) electrons. The van der Waals surface area contributed by atoms with Gasteiger partial charge in [0.1, 0.15) is 5.75 Å². The Morgan fingerprint density at radius 2 is 2.27 bits per heavy atom. The van der Waals surface area contributed by atoms with Gasteiger partial charge in [0.25, 0.3) is 0 Å². The van der Waals surface area contributed by atoms with E-state index >= 15 is 0 Å². The smallest absolute Gasteiger partial charge is 0.182 e. The molecule has 0 N–H and O–H groups in total. The Kier molecular flexibility index (Phi) is 2.46. The molecular weight excluding hydrogens is 190 g/mol. The Labute approximate surface area is 89.0 Å². The largest absolute Gasteiger partial charge is 0.497 e. The molecule has 0 amide bonds. The first-order valence-electron chi connectivity index (χ1n) is 4.81. The number of ketones is 1. The van der Waals surface area contributed by atoms with Crippen LogP contribution >= 0.6 is 0 Å². The molecule has 78 valence electrons. The highest BCUT2D eigenvalue weighted by Crippen LogP contribution is 2.23. The summed E-state index contributed by atoms with van der Waals surface area (Å²) in [5.74, 6) is 0.851. The van der Waals surface area contributed by atoms with Crippen LogP contribution in [0.3, 0.4) is 0 Å².